The van der Waals surface area contributed by atoms with Crippen molar-refractivity contribution >= 4 is 6.03 Å². The van der Waals surface area contributed by atoms with E-state index in [1.807, 2.05) is 0 Å². The summed E-state index contributed by atoms with van der Waals surface area (Å²) in [7, 11) is 0. The molecule has 3 aliphatic rings. The van der Waals surface area contributed by atoms with Gasteiger partial charge >= 0.3 is 6.03 Å². The summed E-state index contributed by atoms with van der Waals surface area (Å²) in [5, 5.41) is 6.63. The standard InChI is InChI=1S/C14H25N3O2/c18-13(16-12-4-9-19-10-12)17-8-7-15-11-14(17)5-2-1-3-6-14/h12,15H,1-11H2,(H,16,18). The fourth-order valence-corrected chi connectivity index (χ4v) is 3.72. The number of amides is 2. The lowest BCUT2D eigenvalue weighted by molar-refractivity contribution is 0.0553. The summed E-state index contributed by atoms with van der Waals surface area (Å²) in [5.41, 5.74) is 0.0695. The van der Waals surface area contributed by atoms with Crippen molar-refractivity contribution in [3.8, 4) is 0 Å². The van der Waals surface area contributed by atoms with Crippen molar-refractivity contribution in [1.82, 2.24) is 15.5 Å². The van der Waals surface area contributed by atoms with E-state index in [4.69, 9.17) is 4.74 Å². The summed E-state index contributed by atoms with van der Waals surface area (Å²) in [5.74, 6) is 0. The summed E-state index contributed by atoms with van der Waals surface area (Å²) in [6, 6.07) is 0.335. The van der Waals surface area contributed by atoms with Gasteiger partial charge in [-0.1, -0.05) is 19.3 Å². The number of nitrogens with zero attached hydrogens (tertiary/aromatic N) is 1. The van der Waals surface area contributed by atoms with Crippen molar-refractivity contribution in [2.45, 2.75) is 50.1 Å². The molecule has 5 heteroatoms. The van der Waals surface area contributed by atoms with Gasteiger partial charge in [-0.2, -0.15) is 0 Å². The topological polar surface area (TPSA) is 53.6 Å². The molecule has 0 aromatic carbocycles. The summed E-state index contributed by atoms with van der Waals surface area (Å²) in [6.45, 7) is 4.15. The first kappa shape index (κ1) is 13.2. The van der Waals surface area contributed by atoms with Crippen molar-refractivity contribution in [1.29, 1.82) is 0 Å². The molecule has 2 heterocycles. The number of urea groups is 1. The Morgan fingerprint density at radius 2 is 2.16 bits per heavy atom. The number of hydrogen-bond donors (Lipinski definition) is 2. The van der Waals surface area contributed by atoms with Gasteiger partial charge in [0.25, 0.3) is 0 Å². The zero-order valence-corrected chi connectivity index (χ0v) is 11.6. The van der Waals surface area contributed by atoms with Crippen LogP contribution in [0.25, 0.3) is 0 Å². The summed E-state index contributed by atoms with van der Waals surface area (Å²) >= 11 is 0. The van der Waals surface area contributed by atoms with E-state index in [1.165, 1.54) is 19.3 Å². The SMILES string of the molecule is O=C(NC1CCOC1)N1CCNCC12CCCCC2. The molecule has 108 valence electrons. The van der Waals surface area contributed by atoms with E-state index in [1.54, 1.807) is 0 Å². The molecule has 3 rings (SSSR count). The first-order valence-electron chi connectivity index (χ1n) is 7.67. The molecule has 1 saturated carbocycles. The minimum absolute atomic E-state index is 0.0695. The molecule has 3 fully saturated rings. The van der Waals surface area contributed by atoms with Crippen LogP contribution < -0.4 is 10.6 Å². The van der Waals surface area contributed by atoms with Crippen LogP contribution in [0.1, 0.15) is 38.5 Å². The summed E-state index contributed by atoms with van der Waals surface area (Å²) in [6.07, 6.45) is 7.05. The van der Waals surface area contributed by atoms with Crippen LogP contribution >= 0.6 is 0 Å². The average molecular weight is 267 g/mol. The molecule has 0 bridgehead atoms. The molecule has 1 spiro atoms. The second-order valence-corrected chi connectivity index (χ2v) is 6.12. The Balaban J connectivity index is 1.66. The Hall–Kier alpha value is -0.810. The second kappa shape index (κ2) is 5.67. The van der Waals surface area contributed by atoms with E-state index >= 15 is 0 Å². The average Bonchev–Trinajstić information content (AvgIpc) is 2.93. The predicted molar refractivity (Wildman–Crippen MR) is 73.1 cm³/mol. The largest absolute Gasteiger partial charge is 0.379 e. The Labute approximate surface area is 115 Å². The van der Waals surface area contributed by atoms with Gasteiger partial charge in [-0.15, -0.1) is 0 Å². The summed E-state index contributed by atoms with van der Waals surface area (Å²) < 4.78 is 5.34. The quantitative estimate of drug-likeness (QED) is 0.748. The van der Waals surface area contributed by atoms with Gasteiger partial charge in [0, 0.05) is 26.2 Å². The number of hydrogen-bond acceptors (Lipinski definition) is 3. The smallest absolute Gasteiger partial charge is 0.318 e. The molecule has 0 radical (unpaired) electrons. The first-order chi connectivity index (χ1) is 9.30. The van der Waals surface area contributed by atoms with E-state index in [0.29, 0.717) is 6.61 Å². The number of nitrogens with one attached hydrogen (secondary N) is 2. The molecule has 2 saturated heterocycles. The minimum Gasteiger partial charge on any atom is -0.379 e. The van der Waals surface area contributed by atoms with Gasteiger partial charge in [0.05, 0.1) is 18.2 Å². The second-order valence-electron chi connectivity index (χ2n) is 6.12. The van der Waals surface area contributed by atoms with Crippen LogP contribution in [-0.2, 0) is 4.74 Å². The molecular formula is C14H25N3O2. The van der Waals surface area contributed by atoms with Gasteiger partial charge in [0.2, 0.25) is 0 Å². The normalized spacial score (nSPS) is 30.5. The minimum atomic E-state index is 0.0695. The van der Waals surface area contributed by atoms with Crippen LogP contribution in [0.4, 0.5) is 4.79 Å². The predicted octanol–water partition coefficient (Wildman–Crippen LogP) is 1.09. The molecule has 2 N–H and O–H groups in total. The van der Waals surface area contributed by atoms with Crippen LogP contribution in [0.2, 0.25) is 0 Å². The van der Waals surface area contributed by atoms with Gasteiger partial charge in [0.15, 0.2) is 0 Å². The van der Waals surface area contributed by atoms with E-state index < -0.39 is 0 Å². The van der Waals surface area contributed by atoms with Gasteiger partial charge in [-0.05, 0) is 19.3 Å². The number of rotatable bonds is 1. The lowest BCUT2D eigenvalue weighted by Crippen LogP contribution is -2.66. The lowest BCUT2D eigenvalue weighted by Gasteiger charge is -2.49. The maximum Gasteiger partial charge on any atom is 0.318 e. The van der Waals surface area contributed by atoms with E-state index in [9.17, 15) is 4.79 Å². The molecule has 19 heavy (non-hydrogen) atoms. The Morgan fingerprint density at radius 3 is 2.89 bits per heavy atom. The molecule has 1 atom stereocenters. The van der Waals surface area contributed by atoms with Gasteiger partial charge in [0.1, 0.15) is 0 Å². The molecule has 1 aliphatic carbocycles. The fraction of sp³-hybridized carbons (Fsp3) is 0.929. The van der Waals surface area contributed by atoms with Crippen LogP contribution in [0.5, 0.6) is 0 Å². The first-order valence-corrected chi connectivity index (χ1v) is 7.67. The summed E-state index contributed by atoms with van der Waals surface area (Å²) in [4.78, 5) is 14.7. The van der Waals surface area contributed by atoms with Crippen molar-refractivity contribution in [3.05, 3.63) is 0 Å². The molecule has 1 unspecified atom stereocenters. The number of carbonyl (C=O) groups is 1. The zero-order chi connectivity index (χ0) is 13.1. The molecule has 5 nitrogen and oxygen atoms in total. The van der Waals surface area contributed by atoms with Gasteiger partial charge < -0.3 is 20.3 Å². The van der Waals surface area contributed by atoms with E-state index in [0.717, 1.165) is 45.5 Å². The third-order valence-electron chi connectivity index (χ3n) is 4.83. The van der Waals surface area contributed by atoms with Crippen LogP contribution in [0, 0.1) is 0 Å². The van der Waals surface area contributed by atoms with Crippen LogP contribution in [-0.4, -0.2) is 55.4 Å². The van der Waals surface area contributed by atoms with Gasteiger partial charge in [-0.3, -0.25) is 0 Å². The number of ether oxygens (including phenoxy) is 1. The molecule has 0 aromatic rings. The maximum absolute atomic E-state index is 12.6. The molecule has 2 aliphatic heterocycles. The third kappa shape index (κ3) is 2.72. The van der Waals surface area contributed by atoms with Crippen molar-refractivity contribution in [2.75, 3.05) is 32.8 Å². The van der Waals surface area contributed by atoms with E-state index in [2.05, 4.69) is 15.5 Å². The molecule has 0 aromatic heterocycles. The van der Waals surface area contributed by atoms with Crippen molar-refractivity contribution < 1.29 is 9.53 Å². The highest BCUT2D eigenvalue weighted by Gasteiger charge is 2.42. The monoisotopic (exact) mass is 267 g/mol. The Morgan fingerprint density at radius 1 is 1.32 bits per heavy atom. The van der Waals surface area contributed by atoms with Crippen LogP contribution in [0.15, 0.2) is 0 Å². The molecule has 2 amide bonds. The van der Waals surface area contributed by atoms with Crippen molar-refractivity contribution in [3.63, 3.8) is 0 Å². The van der Waals surface area contributed by atoms with E-state index in [-0.39, 0.29) is 17.6 Å². The Kier molecular flexibility index (Phi) is 3.93. The van der Waals surface area contributed by atoms with Crippen LogP contribution in [0.3, 0.4) is 0 Å². The lowest BCUT2D eigenvalue weighted by atomic mass is 9.79. The highest BCUT2D eigenvalue weighted by molar-refractivity contribution is 5.75. The fourth-order valence-electron chi connectivity index (χ4n) is 3.72. The van der Waals surface area contributed by atoms with Crippen molar-refractivity contribution in [2.24, 2.45) is 0 Å². The highest BCUT2D eigenvalue weighted by Crippen LogP contribution is 2.34. The maximum atomic E-state index is 12.6. The van der Waals surface area contributed by atoms with Gasteiger partial charge in [-0.25, -0.2) is 4.79 Å². The Bertz CT molecular complexity index is 314. The highest BCUT2D eigenvalue weighted by atomic mass is 16.5. The number of piperazine rings is 1. The number of carbonyl (C=O) groups excluding carboxylic acids is 1. The zero-order valence-electron chi connectivity index (χ0n) is 11.6. The molecular weight excluding hydrogens is 242 g/mol. The third-order valence-corrected chi connectivity index (χ3v) is 4.83.